The molecule has 12 heavy (non-hydrogen) atoms. The van der Waals surface area contributed by atoms with Gasteiger partial charge in [0.05, 0.1) is 0 Å². The highest BCUT2D eigenvalue weighted by Gasteiger charge is 2.24. The number of guanidine groups is 2. The fourth-order valence-corrected chi connectivity index (χ4v) is 0.775. The summed E-state index contributed by atoms with van der Waals surface area (Å²) in [5, 5.41) is 0.246. The Morgan fingerprint density at radius 3 is 2.67 bits per heavy atom. The second-order valence-corrected chi connectivity index (χ2v) is 2.52. The predicted molar refractivity (Wildman–Crippen MR) is 43.7 cm³/mol. The van der Waals surface area contributed by atoms with Gasteiger partial charge in [0, 0.05) is 14.1 Å². The Hall–Kier alpha value is -1.37. The largest absolute Gasteiger partial charge is 0.368 e. The van der Waals surface area contributed by atoms with Gasteiger partial charge >= 0.3 is 0 Å². The van der Waals surface area contributed by atoms with Gasteiger partial charge in [-0.25, -0.2) is 4.99 Å². The first-order chi connectivity index (χ1) is 5.52. The van der Waals surface area contributed by atoms with E-state index in [0.717, 1.165) is 0 Å². The minimum Gasteiger partial charge on any atom is -0.368 e. The highest BCUT2D eigenvalue weighted by Crippen LogP contribution is 2.05. The summed E-state index contributed by atoms with van der Waals surface area (Å²) in [6.07, 6.45) is -1.10. The van der Waals surface area contributed by atoms with Crippen molar-refractivity contribution >= 4 is 11.9 Å². The molecule has 68 valence electrons. The molecule has 1 unspecified atom stereocenters. The van der Waals surface area contributed by atoms with Crippen molar-refractivity contribution in [3.8, 4) is 0 Å². The third-order valence-electron chi connectivity index (χ3n) is 1.30. The van der Waals surface area contributed by atoms with Crippen LogP contribution in [0.2, 0.25) is 0 Å². The first-order valence-electron chi connectivity index (χ1n) is 3.32. The summed E-state index contributed by atoms with van der Waals surface area (Å²) in [5.41, 5.74) is 10.6. The van der Waals surface area contributed by atoms with Crippen LogP contribution in [0.3, 0.4) is 0 Å². The van der Waals surface area contributed by atoms with Crippen LogP contribution in [0.1, 0.15) is 0 Å². The van der Waals surface area contributed by atoms with Crippen molar-refractivity contribution in [3.63, 3.8) is 0 Å². The summed E-state index contributed by atoms with van der Waals surface area (Å²) < 4.78 is 13.0. The van der Waals surface area contributed by atoms with Gasteiger partial charge in [0.1, 0.15) is 0 Å². The molecule has 4 N–H and O–H groups in total. The lowest BCUT2D eigenvalue weighted by Crippen LogP contribution is -2.49. The zero-order chi connectivity index (χ0) is 9.30. The Bertz CT molecular complexity index is 234. The molecule has 0 radical (unpaired) electrons. The van der Waals surface area contributed by atoms with Crippen LogP contribution in [0.4, 0.5) is 4.48 Å². The Balaban J connectivity index is 2.91. The quantitative estimate of drug-likeness (QED) is 0.445. The van der Waals surface area contributed by atoms with Crippen molar-refractivity contribution < 1.29 is 4.48 Å². The topological polar surface area (TPSA) is 83.2 Å². The third kappa shape index (κ3) is 1.45. The number of aliphatic imine (C=N–C) groups is 2. The van der Waals surface area contributed by atoms with Crippen molar-refractivity contribution in [2.24, 2.45) is 21.5 Å². The average molecular weight is 174 g/mol. The molecule has 0 saturated heterocycles. The summed E-state index contributed by atoms with van der Waals surface area (Å²) >= 11 is 0. The Labute approximate surface area is 69.3 Å². The SMILES string of the molecule is CN(C)C1=NC(N)=NC(N)N1F. The number of halogens is 1. The number of nitrogens with zero attached hydrogens (tertiary/aromatic N) is 4. The van der Waals surface area contributed by atoms with Crippen molar-refractivity contribution in [1.82, 2.24) is 10.0 Å². The van der Waals surface area contributed by atoms with E-state index in [1.807, 2.05) is 0 Å². The standard InChI is InChI=1S/C5H11FN6/c1-11(2)5-10-3(7)9-4(8)12(5)6/h4H,8H2,1-2H3,(H2,7,9). The molecule has 1 heterocycles. The van der Waals surface area contributed by atoms with Crippen LogP contribution in [0.25, 0.3) is 0 Å². The van der Waals surface area contributed by atoms with E-state index in [9.17, 15) is 4.48 Å². The first-order valence-corrected chi connectivity index (χ1v) is 3.32. The Kier molecular flexibility index (Phi) is 2.13. The van der Waals surface area contributed by atoms with E-state index in [0.29, 0.717) is 0 Å². The molecule has 1 aliphatic heterocycles. The van der Waals surface area contributed by atoms with Gasteiger partial charge in [-0.3, -0.25) is 5.73 Å². The molecule has 7 heteroatoms. The van der Waals surface area contributed by atoms with Crippen LogP contribution in [-0.4, -0.2) is 42.3 Å². The molecule has 0 fully saturated rings. The smallest absolute Gasteiger partial charge is 0.236 e. The third-order valence-corrected chi connectivity index (χ3v) is 1.30. The lowest BCUT2D eigenvalue weighted by molar-refractivity contribution is 0.0554. The molecule has 0 spiro atoms. The van der Waals surface area contributed by atoms with Crippen molar-refractivity contribution in [1.29, 1.82) is 0 Å². The van der Waals surface area contributed by atoms with Crippen LogP contribution in [0, 0.1) is 0 Å². The van der Waals surface area contributed by atoms with E-state index in [2.05, 4.69) is 9.98 Å². The fraction of sp³-hybridized carbons (Fsp3) is 0.600. The maximum absolute atomic E-state index is 13.0. The minimum atomic E-state index is -1.10. The molecule has 0 bridgehead atoms. The lowest BCUT2D eigenvalue weighted by Gasteiger charge is -2.27. The molecule has 0 aromatic heterocycles. The highest BCUT2D eigenvalue weighted by atomic mass is 19.2. The van der Waals surface area contributed by atoms with Crippen molar-refractivity contribution in [2.75, 3.05) is 14.1 Å². The molecule has 0 aliphatic carbocycles. The van der Waals surface area contributed by atoms with Gasteiger partial charge in [0.25, 0.3) is 0 Å². The summed E-state index contributed by atoms with van der Waals surface area (Å²) in [4.78, 5) is 8.62. The maximum Gasteiger partial charge on any atom is 0.236 e. The van der Waals surface area contributed by atoms with Crippen LogP contribution >= 0.6 is 0 Å². The number of rotatable bonds is 0. The Morgan fingerprint density at radius 1 is 1.58 bits per heavy atom. The van der Waals surface area contributed by atoms with Crippen LogP contribution in [0.5, 0.6) is 0 Å². The fourth-order valence-electron chi connectivity index (χ4n) is 0.775. The molecular formula is C5H11FN6. The number of nitrogens with two attached hydrogens (primary N) is 2. The van der Waals surface area contributed by atoms with E-state index < -0.39 is 6.29 Å². The number of hydrogen-bond acceptors (Lipinski definition) is 6. The van der Waals surface area contributed by atoms with E-state index in [1.54, 1.807) is 14.1 Å². The molecule has 1 aliphatic rings. The van der Waals surface area contributed by atoms with Gasteiger partial charge in [0.2, 0.25) is 18.2 Å². The van der Waals surface area contributed by atoms with Gasteiger partial charge in [-0.1, -0.05) is 4.48 Å². The summed E-state index contributed by atoms with van der Waals surface area (Å²) in [6.45, 7) is 0. The molecule has 1 rings (SSSR count). The van der Waals surface area contributed by atoms with Gasteiger partial charge in [-0.2, -0.15) is 4.99 Å². The molecule has 0 aromatic rings. The van der Waals surface area contributed by atoms with E-state index in [-0.39, 0.29) is 17.0 Å². The van der Waals surface area contributed by atoms with Gasteiger partial charge < -0.3 is 10.6 Å². The first kappa shape index (κ1) is 8.72. The normalized spacial score (nSPS) is 23.3. The Morgan fingerprint density at radius 2 is 2.17 bits per heavy atom. The van der Waals surface area contributed by atoms with Gasteiger partial charge in [-0.05, 0) is 0 Å². The van der Waals surface area contributed by atoms with Gasteiger partial charge in [-0.15, -0.1) is 5.12 Å². The zero-order valence-corrected chi connectivity index (χ0v) is 6.90. The lowest BCUT2D eigenvalue weighted by atomic mass is 10.6. The second kappa shape index (κ2) is 2.94. The van der Waals surface area contributed by atoms with E-state index in [1.165, 1.54) is 4.90 Å². The predicted octanol–water partition coefficient (Wildman–Crippen LogP) is -1.34. The molecule has 6 nitrogen and oxygen atoms in total. The molecule has 0 aromatic carbocycles. The molecular weight excluding hydrogens is 163 g/mol. The number of hydrogen-bond donors (Lipinski definition) is 2. The van der Waals surface area contributed by atoms with E-state index >= 15 is 0 Å². The van der Waals surface area contributed by atoms with E-state index in [4.69, 9.17) is 11.5 Å². The summed E-state index contributed by atoms with van der Waals surface area (Å²) in [5.74, 6) is 0.0371. The summed E-state index contributed by atoms with van der Waals surface area (Å²) in [7, 11) is 3.27. The van der Waals surface area contributed by atoms with Crippen LogP contribution in [-0.2, 0) is 0 Å². The average Bonchev–Trinajstić information content (AvgIpc) is 1.96. The minimum absolute atomic E-state index is 0.0138. The van der Waals surface area contributed by atoms with Crippen LogP contribution in [0.15, 0.2) is 9.98 Å². The van der Waals surface area contributed by atoms with Crippen LogP contribution < -0.4 is 11.5 Å². The zero-order valence-electron chi connectivity index (χ0n) is 6.90. The molecule has 1 atom stereocenters. The van der Waals surface area contributed by atoms with Crippen molar-refractivity contribution in [3.05, 3.63) is 0 Å². The van der Waals surface area contributed by atoms with Gasteiger partial charge in [0.15, 0.2) is 0 Å². The van der Waals surface area contributed by atoms with Crippen molar-refractivity contribution in [2.45, 2.75) is 6.29 Å². The maximum atomic E-state index is 13.0. The monoisotopic (exact) mass is 174 g/mol. The molecule has 0 amide bonds. The second-order valence-electron chi connectivity index (χ2n) is 2.52. The molecule has 0 saturated carbocycles. The summed E-state index contributed by atoms with van der Waals surface area (Å²) in [6, 6.07) is 0. The highest BCUT2D eigenvalue weighted by molar-refractivity contribution is 5.95.